The summed E-state index contributed by atoms with van der Waals surface area (Å²) >= 11 is 0. The summed E-state index contributed by atoms with van der Waals surface area (Å²) in [6, 6.07) is 5.37. The van der Waals surface area contributed by atoms with Gasteiger partial charge in [-0.05, 0) is 30.0 Å². The predicted octanol–water partition coefficient (Wildman–Crippen LogP) is 2.91. The van der Waals surface area contributed by atoms with E-state index in [4.69, 9.17) is 4.74 Å². The highest BCUT2D eigenvalue weighted by Gasteiger charge is 2.06. The van der Waals surface area contributed by atoms with Crippen molar-refractivity contribution in [2.45, 2.75) is 26.2 Å². The minimum Gasteiger partial charge on any atom is -0.508 e. The standard InChI is InChI=1S/C11H16O2/c1-4-8(2)9-5-10(12)7-11(6-9)13-3/h5-8,12H,4H2,1-3H3. The van der Waals surface area contributed by atoms with E-state index >= 15 is 0 Å². The lowest BCUT2D eigenvalue weighted by molar-refractivity contribution is 0.406. The lowest BCUT2D eigenvalue weighted by atomic mass is 9.98. The zero-order chi connectivity index (χ0) is 9.84. The van der Waals surface area contributed by atoms with Gasteiger partial charge in [-0.15, -0.1) is 0 Å². The van der Waals surface area contributed by atoms with Crippen molar-refractivity contribution in [3.8, 4) is 11.5 Å². The Hall–Kier alpha value is -1.18. The van der Waals surface area contributed by atoms with Crippen LogP contribution in [0.5, 0.6) is 11.5 Å². The molecule has 0 aromatic heterocycles. The molecule has 1 atom stereocenters. The summed E-state index contributed by atoms with van der Waals surface area (Å²) in [6.45, 7) is 4.26. The van der Waals surface area contributed by atoms with Gasteiger partial charge >= 0.3 is 0 Å². The van der Waals surface area contributed by atoms with Crippen molar-refractivity contribution in [2.24, 2.45) is 0 Å². The molecule has 1 aromatic carbocycles. The molecule has 13 heavy (non-hydrogen) atoms. The third kappa shape index (κ3) is 2.38. The Morgan fingerprint density at radius 1 is 1.38 bits per heavy atom. The van der Waals surface area contributed by atoms with Crippen LogP contribution in [0.4, 0.5) is 0 Å². The fourth-order valence-electron chi connectivity index (χ4n) is 1.24. The van der Waals surface area contributed by atoms with E-state index in [0.717, 1.165) is 17.7 Å². The molecular formula is C11H16O2. The fraction of sp³-hybridized carbons (Fsp3) is 0.455. The molecule has 72 valence electrons. The van der Waals surface area contributed by atoms with Gasteiger partial charge in [0, 0.05) is 6.07 Å². The van der Waals surface area contributed by atoms with E-state index in [1.165, 1.54) is 0 Å². The highest BCUT2D eigenvalue weighted by atomic mass is 16.5. The van der Waals surface area contributed by atoms with Crippen LogP contribution in [-0.4, -0.2) is 12.2 Å². The number of hydrogen-bond acceptors (Lipinski definition) is 2. The maximum absolute atomic E-state index is 9.39. The topological polar surface area (TPSA) is 29.5 Å². The zero-order valence-corrected chi connectivity index (χ0v) is 8.37. The van der Waals surface area contributed by atoms with E-state index in [0.29, 0.717) is 5.92 Å². The van der Waals surface area contributed by atoms with Crippen LogP contribution in [0, 0.1) is 0 Å². The van der Waals surface area contributed by atoms with E-state index in [1.807, 2.05) is 6.07 Å². The van der Waals surface area contributed by atoms with E-state index in [1.54, 1.807) is 19.2 Å². The second-order valence-electron chi connectivity index (χ2n) is 3.27. The van der Waals surface area contributed by atoms with E-state index < -0.39 is 0 Å². The molecule has 0 saturated carbocycles. The summed E-state index contributed by atoms with van der Waals surface area (Å²) in [7, 11) is 1.61. The molecule has 0 amide bonds. The van der Waals surface area contributed by atoms with Crippen LogP contribution in [0.1, 0.15) is 31.7 Å². The van der Waals surface area contributed by atoms with Crippen molar-refractivity contribution < 1.29 is 9.84 Å². The van der Waals surface area contributed by atoms with Crippen molar-refractivity contribution in [1.82, 2.24) is 0 Å². The number of phenols is 1. The molecule has 1 aromatic rings. The summed E-state index contributed by atoms with van der Waals surface area (Å²) in [5, 5.41) is 9.39. The molecule has 0 saturated heterocycles. The van der Waals surface area contributed by atoms with Crippen LogP contribution in [0.3, 0.4) is 0 Å². The van der Waals surface area contributed by atoms with Gasteiger partial charge in [0.15, 0.2) is 0 Å². The lowest BCUT2D eigenvalue weighted by Crippen LogP contribution is -1.92. The van der Waals surface area contributed by atoms with Gasteiger partial charge in [-0.25, -0.2) is 0 Å². The fourth-order valence-corrected chi connectivity index (χ4v) is 1.24. The summed E-state index contributed by atoms with van der Waals surface area (Å²) in [5.74, 6) is 1.45. The Labute approximate surface area is 79.2 Å². The molecular weight excluding hydrogens is 164 g/mol. The average Bonchev–Trinajstić information content (AvgIpc) is 2.15. The van der Waals surface area contributed by atoms with Gasteiger partial charge in [0.2, 0.25) is 0 Å². The number of phenolic OH excluding ortho intramolecular Hbond substituents is 1. The molecule has 2 heteroatoms. The molecule has 0 aliphatic rings. The number of aromatic hydroxyl groups is 1. The highest BCUT2D eigenvalue weighted by Crippen LogP contribution is 2.27. The van der Waals surface area contributed by atoms with Gasteiger partial charge in [0.05, 0.1) is 7.11 Å². The van der Waals surface area contributed by atoms with Crippen LogP contribution in [0.15, 0.2) is 18.2 Å². The van der Waals surface area contributed by atoms with Crippen LogP contribution in [-0.2, 0) is 0 Å². The van der Waals surface area contributed by atoms with Gasteiger partial charge in [-0.2, -0.15) is 0 Å². The molecule has 1 N–H and O–H groups in total. The first-order valence-electron chi connectivity index (χ1n) is 4.55. The normalized spacial score (nSPS) is 12.5. The molecule has 1 unspecified atom stereocenters. The maximum atomic E-state index is 9.39. The molecule has 0 aliphatic carbocycles. The maximum Gasteiger partial charge on any atom is 0.122 e. The summed E-state index contributed by atoms with van der Waals surface area (Å²) in [5.41, 5.74) is 1.12. The first kappa shape index (κ1) is 9.90. The monoisotopic (exact) mass is 180 g/mol. The SMILES string of the molecule is CCC(C)c1cc(O)cc(OC)c1. The Balaban J connectivity index is 3.01. The van der Waals surface area contributed by atoms with Crippen LogP contribution in [0.25, 0.3) is 0 Å². The first-order chi connectivity index (χ1) is 6.17. The molecule has 0 radical (unpaired) electrons. The number of ether oxygens (including phenoxy) is 1. The van der Waals surface area contributed by atoms with Crippen molar-refractivity contribution in [3.63, 3.8) is 0 Å². The van der Waals surface area contributed by atoms with Crippen molar-refractivity contribution >= 4 is 0 Å². The molecule has 0 heterocycles. The smallest absolute Gasteiger partial charge is 0.122 e. The lowest BCUT2D eigenvalue weighted by Gasteiger charge is -2.11. The summed E-state index contributed by atoms with van der Waals surface area (Å²) < 4.78 is 5.07. The minimum atomic E-state index is 0.273. The number of hydrogen-bond donors (Lipinski definition) is 1. The second kappa shape index (κ2) is 4.17. The largest absolute Gasteiger partial charge is 0.508 e. The molecule has 2 nitrogen and oxygen atoms in total. The van der Waals surface area contributed by atoms with Crippen LogP contribution < -0.4 is 4.74 Å². The predicted molar refractivity (Wildman–Crippen MR) is 53.4 cm³/mol. The average molecular weight is 180 g/mol. The van der Waals surface area contributed by atoms with Crippen molar-refractivity contribution in [3.05, 3.63) is 23.8 Å². The minimum absolute atomic E-state index is 0.273. The van der Waals surface area contributed by atoms with Gasteiger partial charge < -0.3 is 9.84 Å². The van der Waals surface area contributed by atoms with E-state index in [9.17, 15) is 5.11 Å². The highest BCUT2D eigenvalue weighted by molar-refractivity contribution is 5.38. The number of benzene rings is 1. The van der Waals surface area contributed by atoms with Gasteiger partial charge in [0.25, 0.3) is 0 Å². The molecule has 0 spiro atoms. The summed E-state index contributed by atoms with van der Waals surface area (Å²) in [4.78, 5) is 0. The van der Waals surface area contributed by atoms with Crippen molar-refractivity contribution in [1.29, 1.82) is 0 Å². The molecule has 0 aliphatic heterocycles. The Morgan fingerprint density at radius 3 is 2.62 bits per heavy atom. The van der Waals surface area contributed by atoms with Crippen LogP contribution >= 0.6 is 0 Å². The summed E-state index contributed by atoms with van der Waals surface area (Å²) in [6.07, 6.45) is 1.06. The van der Waals surface area contributed by atoms with E-state index in [2.05, 4.69) is 13.8 Å². The zero-order valence-electron chi connectivity index (χ0n) is 8.37. The molecule has 0 bridgehead atoms. The molecule has 0 fully saturated rings. The quantitative estimate of drug-likeness (QED) is 0.775. The molecule has 1 rings (SSSR count). The number of rotatable bonds is 3. The Kier molecular flexibility index (Phi) is 3.18. The van der Waals surface area contributed by atoms with Gasteiger partial charge in [0.1, 0.15) is 11.5 Å². The Bertz CT molecular complexity index is 281. The first-order valence-corrected chi connectivity index (χ1v) is 4.55. The Morgan fingerprint density at radius 2 is 2.08 bits per heavy atom. The second-order valence-corrected chi connectivity index (χ2v) is 3.27. The van der Waals surface area contributed by atoms with E-state index in [-0.39, 0.29) is 5.75 Å². The third-order valence-electron chi connectivity index (χ3n) is 2.33. The van der Waals surface area contributed by atoms with Crippen LogP contribution in [0.2, 0.25) is 0 Å². The third-order valence-corrected chi connectivity index (χ3v) is 2.33. The number of methoxy groups -OCH3 is 1. The van der Waals surface area contributed by atoms with Crippen molar-refractivity contribution in [2.75, 3.05) is 7.11 Å². The van der Waals surface area contributed by atoms with Gasteiger partial charge in [-0.3, -0.25) is 0 Å². The van der Waals surface area contributed by atoms with Gasteiger partial charge in [-0.1, -0.05) is 13.8 Å².